The van der Waals surface area contributed by atoms with Crippen LogP contribution in [0.15, 0.2) is 22.5 Å². The molecule has 1 nitrogen and oxygen atoms in total. The summed E-state index contributed by atoms with van der Waals surface area (Å²) in [5.74, 6) is 0. The van der Waals surface area contributed by atoms with Gasteiger partial charge in [-0.2, -0.15) is 0 Å². The molecule has 0 unspecified atom stereocenters. The lowest BCUT2D eigenvalue weighted by Gasteiger charge is -1.82. The van der Waals surface area contributed by atoms with Crippen LogP contribution in [0.1, 0.15) is 4.88 Å². The van der Waals surface area contributed by atoms with E-state index in [1.54, 1.807) is 18.4 Å². The van der Waals surface area contributed by atoms with Gasteiger partial charge < -0.3 is 4.99 Å². The fourth-order valence-electron chi connectivity index (χ4n) is 0.610. The summed E-state index contributed by atoms with van der Waals surface area (Å²) in [6.07, 6.45) is 2.90. The number of rotatable bonds is 2. The molecule has 9 heavy (non-hydrogen) atoms. The van der Waals surface area contributed by atoms with Crippen molar-refractivity contribution >= 4 is 17.6 Å². The number of aliphatic imine (C=N–C) groups is 1. The van der Waals surface area contributed by atoms with Crippen LogP contribution in [0.2, 0.25) is 0 Å². The van der Waals surface area contributed by atoms with Crippen LogP contribution in [-0.4, -0.2) is 13.3 Å². The number of thiophene rings is 1. The van der Waals surface area contributed by atoms with Crippen LogP contribution in [0.3, 0.4) is 0 Å². The first kappa shape index (κ1) is 6.49. The van der Waals surface area contributed by atoms with E-state index in [-0.39, 0.29) is 0 Å². The van der Waals surface area contributed by atoms with Gasteiger partial charge in [-0.15, -0.1) is 11.3 Å². The Morgan fingerprint density at radius 3 is 3.22 bits per heavy atom. The maximum absolute atomic E-state index is 3.89. The zero-order valence-electron chi connectivity index (χ0n) is 5.37. The van der Waals surface area contributed by atoms with E-state index in [4.69, 9.17) is 0 Å². The predicted octanol–water partition coefficient (Wildman–Crippen LogP) is 1.99. The number of hydrogen-bond donors (Lipinski definition) is 0. The molecule has 1 aromatic heterocycles. The van der Waals surface area contributed by atoms with E-state index in [1.807, 2.05) is 6.21 Å². The first-order valence-electron chi connectivity index (χ1n) is 2.86. The maximum atomic E-state index is 3.89. The molecule has 0 spiro atoms. The van der Waals surface area contributed by atoms with Gasteiger partial charge in [-0.3, -0.25) is 0 Å². The monoisotopic (exact) mass is 139 g/mol. The third-order valence-electron chi connectivity index (χ3n) is 1.06. The van der Waals surface area contributed by atoms with Gasteiger partial charge in [0.25, 0.3) is 0 Å². The summed E-state index contributed by atoms with van der Waals surface area (Å²) >= 11 is 1.77. The van der Waals surface area contributed by atoms with Crippen molar-refractivity contribution in [2.75, 3.05) is 7.05 Å². The second-order valence-electron chi connectivity index (χ2n) is 1.72. The van der Waals surface area contributed by atoms with Crippen molar-refractivity contribution in [2.45, 2.75) is 6.42 Å². The first-order chi connectivity index (χ1) is 4.43. The summed E-state index contributed by atoms with van der Waals surface area (Å²) in [7, 11) is 1.80. The van der Waals surface area contributed by atoms with Crippen LogP contribution < -0.4 is 0 Å². The van der Waals surface area contributed by atoms with E-state index >= 15 is 0 Å². The lowest BCUT2D eigenvalue weighted by atomic mass is 10.4. The van der Waals surface area contributed by atoms with E-state index in [9.17, 15) is 0 Å². The van der Waals surface area contributed by atoms with Crippen molar-refractivity contribution in [2.24, 2.45) is 4.99 Å². The lowest BCUT2D eigenvalue weighted by Crippen LogP contribution is -1.77. The highest BCUT2D eigenvalue weighted by atomic mass is 32.1. The molecule has 0 bridgehead atoms. The summed E-state index contributed by atoms with van der Waals surface area (Å²) in [4.78, 5) is 5.27. The van der Waals surface area contributed by atoms with Crippen LogP contribution >= 0.6 is 11.3 Å². The molecular weight excluding hydrogens is 130 g/mol. The third-order valence-corrected chi connectivity index (χ3v) is 1.95. The van der Waals surface area contributed by atoms with E-state index in [1.165, 1.54) is 4.88 Å². The summed E-state index contributed by atoms with van der Waals surface area (Å²) in [6.45, 7) is 0. The molecule has 0 aliphatic heterocycles. The molecule has 0 amide bonds. The predicted molar refractivity (Wildman–Crippen MR) is 42.4 cm³/mol. The molecule has 0 saturated heterocycles. The average molecular weight is 139 g/mol. The molecule has 0 aliphatic carbocycles. The summed E-state index contributed by atoms with van der Waals surface area (Å²) in [5, 5.41) is 2.08. The second-order valence-corrected chi connectivity index (χ2v) is 2.76. The Hall–Kier alpha value is -0.630. The number of hydrogen-bond acceptors (Lipinski definition) is 2. The van der Waals surface area contributed by atoms with Crippen molar-refractivity contribution in [1.29, 1.82) is 0 Å². The van der Waals surface area contributed by atoms with Crippen LogP contribution in [0, 0.1) is 0 Å². The van der Waals surface area contributed by atoms with Gasteiger partial charge in [-0.1, -0.05) is 6.07 Å². The summed E-state index contributed by atoms with van der Waals surface area (Å²) < 4.78 is 0. The molecular formula is C7H9NS. The van der Waals surface area contributed by atoms with Crippen molar-refractivity contribution in [3.63, 3.8) is 0 Å². The van der Waals surface area contributed by atoms with Gasteiger partial charge in [-0.05, 0) is 11.4 Å². The van der Waals surface area contributed by atoms with Gasteiger partial charge >= 0.3 is 0 Å². The van der Waals surface area contributed by atoms with Crippen LogP contribution in [0.4, 0.5) is 0 Å². The first-order valence-corrected chi connectivity index (χ1v) is 3.74. The largest absolute Gasteiger partial charge is 0.300 e. The minimum atomic E-state index is 0.980. The van der Waals surface area contributed by atoms with Crippen molar-refractivity contribution in [3.05, 3.63) is 22.4 Å². The molecule has 0 aromatic carbocycles. The topological polar surface area (TPSA) is 12.4 Å². The highest BCUT2D eigenvalue weighted by molar-refractivity contribution is 7.10. The molecule has 1 rings (SSSR count). The highest BCUT2D eigenvalue weighted by Crippen LogP contribution is 2.07. The quantitative estimate of drug-likeness (QED) is 0.556. The van der Waals surface area contributed by atoms with Crippen molar-refractivity contribution in [3.8, 4) is 0 Å². The van der Waals surface area contributed by atoms with Crippen LogP contribution in [-0.2, 0) is 6.42 Å². The van der Waals surface area contributed by atoms with Gasteiger partial charge in [0.05, 0.1) is 0 Å². The average Bonchev–Trinajstić information content (AvgIpc) is 2.34. The normalized spacial score (nSPS) is 10.8. The highest BCUT2D eigenvalue weighted by Gasteiger charge is 1.86. The molecule has 0 radical (unpaired) electrons. The summed E-state index contributed by atoms with van der Waals surface area (Å²) in [6, 6.07) is 4.18. The Morgan fingerprint density at radius 1 is 1.78 bits per heavy atom. The lowest BCUT2D eigenvalue weighted by molar-refractivity contribution is 1.38. The van der Waals surface area contributed by atoms with Gasteiger partial charge in [0.1, 0.15) is 0 Å². The molecule has 0 fully saturated rings. The van der Waals surface area contributed by atoms with E-state index < -0.39 is 0 Å². The van der Waals surface area contributed by atoms with Gasteiger partial charge in [0, 0.05) is 24.6 Å². The van der Waals surface area contributed by atoms with Gasteiger partial charge in [0.2, 0.25) is 0 Å². The summed E-state index contributed by atoms with van der Waals surface area (Å²) in [5.41, 5.74) is 0. The smallest absolute Gasteiger partial charge is 0.0273 e. The maximum Gasteiger partial charge on any atom is 0.0273 e. The Balaban J connectivity index is 2.48. The van der Waals surface area contributed by atoms with Crippen molar-refractivity contribution < 1.29 is 0 Å². The molecule has 2 heteroatoms. The van der Waals surface area contributed by atoms with Gasteiger partial charge in [-0.25, -0.2) is 0 Å². The molecule has 0 saturated carbocycles. The van der Waals surface area contributed by atoms with Crippen LogP contribution in [0.25, 0.3) is 0 Å². The third kappa shape index (κ3) is 1.98. The number of nitrogens with zero attached hydrogens (tertiary/aromatic N) is 1. The zero-order valence-corrected chi connectivity index (χ0v) is 6.19. The molecule has 0 N–H and O–H groups in total. The second kappa shape index (κ2) is 3.41. The molecule has 0 aliphatic rings. The van der Waals surface area contributed by atoms with Crippen molar-refractivity contribution in [1.82, 2.24) is 0 Å². The molecule has 1 aromatic rings. The fraction of sp³-hybridized carbons (Fsp3) is 0.286. The van der Waals surface area contributed by atoms with Crippen LogP contribution in [0.5, 0.6) is 0 Å². The molecule has 0 atom stereocenters. The fourth-order valence-corrected chi connectivity index (χ4v) is 1.27. The molecule has 1 heterocycles. The Morgan fingerprint density at radius 2 is 2.67 bits per heavy atom. The zero-order chi connectivity index (χ0) is 6.53. The van der Waals surface area contributed by atoms with E-state index in [2.05, 4.69) is 22.5 Å². The van der Waals surface area contributed by atoms with E-state index in [0.29, 0.717) is 0 Å². The van der Waals surface area contributed by atoms with E-state index in [0.717, 1.165) is 6.42 Å². The Labute approximate surface area is 59.1 Å². The minimum Gasteiger partial charge on any atom is -0.300 e. The molecule has 48 valence electrons. The SMILES string of the molecule is C/N=C/Cc1cccs1. The van der Waals surface area contributed by atoms with Gasteiger partial charge in [0.15, 0.2) is 0 Å². The Bertz CT molecular complexity index is 177. The minimum absolute atomic E-state index is 0.980. The Kier molecular flexibility index (Phi) is 2.46. The standard InChI is InChI=1S/C7H9NS/c1-8-5-4-7-3-2-6-9-7/h2-3,5-6H,4H2,1H3/b8-5+.